The normalized spacial score (nSPS) is 25.6. The number of aryl methyl sites for hydroxylation is 2. The van der Waals surface area contributed by atoms with Gasteiger partial charge in [-0.2, -0.15) is 0 Å². The molecule has 2 atom stereocenters. The number of aliphatic hydroxyl groups excluding tert-OH is 1. The van der Waals surface area contributed by atoms with Gasteiger partial charge in [0.25, 0.3) is 0 Å². The van der Waals surface area contributed by atoms with Crippen LogP contribution >= 0.6 is 0 Å². The predicted molar refractivity (Wildman–Crippen MR) is 88.6 cm³/mol. The number of para-hydroxylation sites is 1. The van der Waals surface area contributed by atoms with Crippen LogP contribution in [0.15, 0.2) is 18.2 Å². The van der Waals surface area contributed by atoms with Crippen LogP contribution in [0, 0.1) is 13.8 Å². The van der Waals surface area contributed by atoms with Crippen molar-refractivity contribution >= 4 is 5.91 Å². The summed E-state index contributed by atoms with van der Waals surface area (Å²) in [5.74, 6) is 1.10. The maximum absolute atomic E-state index is 12.4. The van der Waals surface area contributed by atoms with Crippen molar-refractivity contribution in [2.75, 3.05) is 19.6 Å². The number of rotatable bonds is 3. The summed E-state index contributed by atoms with van der Waals surface area (Å²) in [7, 11) is 0. The minimum absolute atomic E-state index is 0.118. The van der Waals surface area contributed by atoms with E-state index < -0.39 is 6.10 Å². The second-order valence-corrected chi connectivity index (χ2v) is 6.71. The molecular formula is C18H26N2O3. The van der Waals surface area contributed by atoms with E-state index in [2.05, 4.69) is 31.3 Å². The monoisotopic (exact) mass is 318 g/mol. The molecule has 0 radical (unpaired) electrons. The Morgan fingerprint density at radius 1 is 1.26 bits per heavy atom. The molecule has 0 bridgehead atoms. The number of carbonyl (C=O) groups is 1. The summed E-state index contributed by atoms with van der Waals surface area (Å²) < 4.78 is 6.19. The molecule has 0 saturated carbocycles. The molecule has 2 fully saturated rings. The standard InChI is InChI=1S/C18H26N2O3/c1-12-4-3-5-13(2)17(12)23-15-6-8-20(9-7-15)18(22)16-10-14(21)11-19-16/h3-5,14-16,19,21H,6-11H2,1-2H3/t14-,16-/m0/s1. The second-order valence-electron chi connectivity index (χ2n) is 6.71. The van der Waals surface area contributed by atoms with Gasteiger partial charge < -0.3 is 20.1 Å². The minimum atomic E-state index is -0.395. The van der Waals surface area contributed by atoms with Crippen LogP contribution in [-0.2, 0) is 4.79 Å². The Morgan fingerprint density at radius 2 is 1.91 bits per heavy atom. The quantitative estimate of drug-likeness (QED) is 0.884. The van der Waals surface area contributed by atoms with Gasteiger partial charge in [0.15, 0.2) is 0 Å². The third-order valence-corrected chi connectivity index (χ3v) is 4.85. The zero-order valence-corrected chi connectivity index (χ0v) is 13.9. The average molecular weight is 318 g/mol. The van der Waals surface area contributed by atoms with E-state index in [0.717, 1.165) is 42.8 Å². The number of amides is 1. The Bertz CT molecular complexity index is 547. The van der Waals surface area contributed by atoms with Gasteiger partial charge in [0.1, 0.15) is 11.9 Å². The molecule has 1 aromatic carbocycles. The fourth-order valence-corrected chi connectivity index (χ4v) is 3.47. The Kier molecular flexibility index (Phi) is 4.87. The van der Waals surface area contributed by atoms with Crippen LogP contribution < -0.4 is 10.1 Å². The summed E-state index contributed by atoms with van der Waals surface area (Å²) in [6.07, 6.45) is 2.01. The van der Waals surface area contributed by atoms with E-state index in [1.807, 2.05) is 11.0 Å². The van der Waals surface area contributed by atoms with Crippen molar-refractivity contribution < 1.29 is 14.6 Å². The summed E-state index contributed by atoms with van der Waals surface area (Å²) >= 11 is 0. The zero-order chi connectivity index (χ0) is 16.4. The van der Waals surface area contributed by atoms with E-state index in [9.17, 15) is 9.90 Å². The molecule has 2 N–H and O–H groups in total. The minimum Gasteiger partial charge on any atom is -0.490 e. The number of nitrogens with zero attached hydrogens (tertiary/aromatic N) is 1. The van der Waals surface area contributed by atoms with Crippen LogP contribution in [0.1, 0.15) is 30.4 Å². The van der Waals surface area contributed by atoms with E-state index in [4.69, 9.17) is 4.74 Å². The molecule has 1 aromatic rings. The second kappa shape index (κ2) is 6.89. The lowest BCUT2D eigenvalue weighted by molar-refractivity contribution is -0.135. The molecule has 5 nitrogen and oxygen atoms in total. The van der Waals surface area contributed by atoms with Crippen LogP contribution in [0.4, 0.5) is 0 Å². The van der Waals surface area contributed by atoms with Crippen LogP contribution in [-0.4, -0.2) is 53.8 Å². The van der Waals surface area contributed by atoms with Gasteiger partial charge in [-0.15, -0.1) is 0 Å². The maximum Gasteiger partial charge on any atom is 0.239 e. The van der Waals surface area contributed by atoms with E-state index in [1.54, 1.807) is 0 Å². The number of β-amino-alcohol motifs (C(OH)–C–C–N with tert-alkyl or cyclic N) is 1. The van der Waals surface area contributed by atoms with Crippen LogP contribution in [0.25, 0.3) is 0 Å². The average Bonchev–Trinajstić information content (AvgIpc) is 2.97. The molecule has 3 rings (SSSR count). The SMILES string of the molecule is Cc1cccc(C)c1OC1CCN(C(=O)[C@@H]2C[C@H](O)CN2)CC1. The molecule has 0 aliphatic carbocycles. The molecule has 2 aliphatic heterocycles. The van der Waals surface area contributed by atoms with Crippen molar-refractivity contribution in [3.8, 4) is 5.75 Å². The summed E-state index contributed by atoms with van der Waals surface area (Å²) in [6, 6.07) is 5.96. The number of nitrogens with one attached hydrogen (secondary N) is 1. The number of carbonyl (C=O) groups excluding carboxylic acids is 1. The number of benzene rings is 1. The number of piperidine rings is 1. The summed E-state index contributed by atoms with van der Waals surface area (Å²) in [5, 5.41) is 12.6. The summed E-state index contributed by atoms with van der Waals surface area (Å²) in [6.45, 7) is 6.10. The number of likely N-dealkylation sites (tertiary alicyclic amines) is 1. The lowest BCUT2D eigenvalue weighted by Gasteiger charge is -2.34. The number of ether oxygens (including phenoxy) is 1. The highest BCUT2D eigenvalue weighted by Gasteiger charge is 2.33. The molecule has 5 heteroatoms. The molecule has 2 saturated heterocycles. The first-order valence-corrected chi connectivity index (χ1v) is 8.47. The Morgan fingerprint density at radius 3 is 2.48 bits per heavy atom. The molecule has 0 spiro atoms. The van der Waals surface area contributed by atoms with Gasteiger partial charge in [-0.3, -0.25) is 4.79 Å². The fourth-order valence-electron chi connectivity index (χ4n) is 3.47. The number of hydrogen-bond acceptors (Lipinski definition) is 4. The molecule has 0 aromatic heterocycles. The van der Waals surface area contributed by atoms with Crippen molar-refractivity contribution in [2.24, 2.45) is 0 Å². The zero-order valence-electron chi connectivity index (χ0n) is 13.9. The van der Waals surface area contributed by atoms with Crippen LogP contribution in [0.5, 0.6) is 5.75 Å². The van der Waals surface area contributed by atoms with Crippen LogP contribution in [0.3, 0.4) is 0 Å². The smallest absolute Gasteiger partial charge is 0.239 e. The maximum atomic E-state index is 12.4. The molecule has 1 amide bonds. The molecular weight excluding hydrogens is 292 g/mol. The summed E-state index contributed by atoms with van der Waals surface area (Å²) in [4.78, 5) is 14.3. The first-order chi connectivity index (χ1) is 11.0. The Balaban J connectivity index is 1.53. The highest BCUT2D eigenvalue weighted by atomic mass is 16.5. The van der Waals surface area contributed by atoms with Gasteiger partial charge in [0.05, 0.1) is 12.1 Å². The topological polar surface area (TPSA) is 61.8 Å². The largest absolute Gasteiger partial charge is 0.490 e. The van der Waals surface area contributed by atoms with Gasteiger partial charge in [0.2, 0.25) is 5.91 Å². The number of aliphatic hydroxyl groups is 1. The van der Waals surface area contributed by atoms with E-state index in [0.29, 0.717) is 13.0 Å². The van der Waals surface area contributed by atoms with Crippen molar-refractivity contribution in [2.45, 2.75) is 51.4 Å². The van der Waals surface area contributed by atoms with Crippen LogP contribution in [0.2, 0.25) is 0 Å². The van der Waals surface area contributed by atoms with Crippen molar-refractivity contribution in [3.63, 3.8) is 0 Å². The number of hydrogen-bond donors (Lipinski definition) is 2. The molecule has 2 heterocycles. The third kappa shape index (κ3) is 3.67. The highest BCUT2D eigenvalue weighted by Crippen LogP contribution is 2.26. The van der Waals surface area contributed by atoms with E-state index in [-0.39, 0.29) is 18.1 Å². The van der Waals surface area contributed by atoms with Crippen molar-refractivity contribution in [1.29, 1.82) is 0 Å². The van der Waals surface area contributed by atoms with Gasteiger partial charge in [-0.05, 0) is 31.4 Å². The summed E-state index contributed by atoms with van der Waals surface area (Å²) in [5.41, 5.74) is 2.32. The molecule has 2 aliphatic rings. The van der Waals surface area contributed by atoms with Gasteiger partial charge in [-0.1, -0.05) is 18.2 Å². The highest BCUT2D eigenvalue weighted by molar-refractivity contribution is 5.82. The predicted octanol–water partition coefficient (Wildman–Crippen LogP) is 1.40. The van der Waals surface area contributed by atoms with E-state index in [1.165, 1.54) is 0 Å². The van der Waals surface area contributed by atoms with Gasteiger partial charge in [-0.25, -0.2) is 0 Å². The third-order valence-electron chi connectivity index (χ3n) is 4.85. The van der Waals surface area contributed by atoms with Gasteiger partial charge >= 0.3 is 0 Å². The Hall–Kier alpha value is -1.59. The molecule has 23 heavy (non-hydrogen) atoms. The molecule has 126 valence electrons. The van der Waals surface area contributed by atoms with Crippen molar-refractivity contribution in [1.82, 2.24) is 10.2 Å². The Labute approximate surface area is 137 Å². The van der Waals surface area contributed by atoms with Gasteiger partial charge in [0, 0.05) is 32.5 Å². The molecule has 0 unspecified atom stereocenters. The van der Waals surface area contributed by atoms with E-state index >= 15 is 0 Å². The van der Waals surface area contributed by atoms with Crippen molar-refractivity contribution in [3.05, 3.63) is 29.3 Å². The lowest BCUT2D eigenvalue weighted by atomic mass is 10.0. The first-order valence-electron chi connectivity index (χ1n) is 8.47. The lowest BCUT2D eigenvalue weighted by Crippen LogP contribution is -2.48. The fraction of sp³-hybridized carbons (Fsp3) is 0.611. The first kappa shape index (κ1) is 16.3.